The quantitative estimate of drug-likeness (QED) is 0.343. The topological polar surface area (TPSA) is 79.2 Å². The number of hydrogen-bond donors (Lipinski definition) is 3. The van der Waals surface area contributed by atoms with Crippen LogP contribution < -0.4 is 9.47 Å². The fourth-order valence-electron chi connectivity index (χ4n) is 1.89. The molecule has 1 aliphatic heterocycles. The fraction of sp³-hybridized carbons (Fsp3) is 0.0769. The van der Waals surface area contributed by atoms with E-state index in [1.165, 1.54) is 24.3 Å². The molecule has 14 heteroatoms. The van der Waals surface area contributed by atoms with Crippen LogP contribution in [0.3, 0.4) is 0 Å². The van der Waals surface area contributed by atoms with Gasteiger partial charge in [0, 0.05) is 17.2 Å². The summed E-state index contributed by atoms with van der Waals surface area (Å²) in [6.07, 6.45) is 0. The molecule has 0 atom stereocenters. The Balaban J connectivity index is 0.000000643. The number of aromatic hydroxyl groups is 3. The van der Waals surface area contributed by atoms with E-state index in [0.717, 1.165) is 0 Å². The Labute approximate surface area is 200 Å². The highest BCUT2D eigenvalue weighted by Gasteiger charge is 2.19. The molecule has 143 valence electrons. The third-order valence-electron chi connectivity index (χ3n) is 2.76. The molecule has 0 saturated carbocycles. The molecular formula is C13H10Al3Cl6O5. The van der Waals surface area contributed by atoms with Crippen LogP contribution in [0.25, 0.3) is 11.1 Å². The molecule has 1 aliphatic rings. The van der Waals surface area contributed by atoms with Gasteiger partial charge in [-0.1, -0.05) is 0 Å². The number of fused-ring (bicyclic) bond motifs is 1. The number of phenolic OH excluding ortho intramolecular Hbond substituents is 3. The van der Waals surface area contributed by atoms with Gasteiger partial charge in [0.2, 0.25) is 6.79 Å². The molecule has 0 bridgehead atoms. The van der Waals surface area contributed by atoms with Gasteiger partial charge in [-0.05, 0) is 24.3 Å². The monoisotopic (exact) mass is 537 g/mol. The van der Waals surface area contributed by atoms with E-state index in [9.17, 15) is 15.3 Å². The van der Waals surface area contributed by atoms with Gasteiger partial charge in [-0.3, -0.25) is 0 Å². The molecule has 0 saturated heterocycles. The fourth-order valence-corrected chi connectivity index (χ4v) is 1.89. The molecule has 0 unspecified atom stereocenters. The van der Waals surface area contributed by atoms with Gasteiger partial charge in [0.05, 0.1) is 0 Å². The molecule has 1 heterocycles. The minimum absolute atomic E-state index is 0.000123. The average molecular weight is 540 g/mol. The van der Waals surface area contributed by atoms with E-state index in [-0.39, 0.29) is 64.2 Å². The number of phenols is 3. The van der Waals surface area contributed by atoms with Crippen molar-refractivity contribution in [1.29, 1.82) is 0 Å². The van der Waals surface area contributed by atoms with E-state index in [0.29, 0.717) is 22.6 Å². The van der Waals surface area contributed by atoms with Crippen molar-refractivity contribution in [2.24, 2.45) is 0 Å². The summed E-state index contributed by atoms with van der Waals surface area (Å²) >= 11 is -0.917. The SMILES string of the molecule is Oc1ccc(O)c(-c2cc3c(cc2O)OCO3)c1.[Cl][Al][Cl].[Cl][Al][Cl].[Cl][Al][Cl]. The van der Waals surface area contributed by atoms with Gasteiger partial charge in [-0.2, -0.15) is 0 Å². The third kappa shape index (κ3) is 10.4. The maximum absolute atomic E-state index is 9.92. The van der Waals surface area contributed by atoms with E-state index >= 15 is 0 Å². The Morgan fingerprint density at radius 3 is 1.63 bits per heavy atom. The number of rotatable bonds is 1. The first-order valence-corrected chi connectivity index (χ1v) is 17.1. The van der Waals surface area contributed by atoms with Crippen LogP contribution in [0.1, 0.15) is 0 Å². The zero-order valence-electron chi connectivity index (χ0n) is 13.3. The van der Waals surface area contributed by atoms with Gasteiger partial charge in [0.1, 0.15) is 17.2 Å². The molecule has 3 rings (SSSR count). The molecule has 0 aliphatic carbocycles. The Hall–Kier alpha value is 0.777. The van der Waals surface area contributed by atoms with Crippen molar-refractivity contribution < 1.29 is 24.8 Å². The molecular weight excluding hydrogens is 530 g/mol. The van der Waals surface area contributed by atoms with Gasteiger partial charge < -0.3 is 24.8 Å². The predicted molar refractivity (Wildman–Crippen MR) is 115 cm³/mol. The number of benzene rings is 2. The highest BCUT2D eigenvalue weighted by atomic mass is 35.7. The lowest BCUT2D eigenvalue weighted by Crippen LogP contribution is -1.92. The van der Waals surface area contributed by atoms with Crippen LogP contribution in [-0.4, -0.2) is 62.2 Å². The van der Waals surface area contributed by atoms with Crippen molar-refractivity contribution in [2.45, 2.75) is 0 Å². The smallest absolute Gasteiger partial charge is 0.495 e. The standard InChI is InChI=1S/C13H10O5.3Al.6ClH/c14-7-1-2-10(15)8(3-7)9-4-12-13(5-11(9)16)18-6-17-12;;;;;;;;;/h1-5,14-16H,6H2;;;;6*1H/q;3*+2;;;;;;/p-6. The first kappa shape index (κ1) is 27.8. The van der Waals surface area contributed by atoms with Crippen LogP contribution in [0.15, 0.2) is 30.3 Å². The van der Waals surface area contributed by atoms with E-state index < -0.39 is 0 Å². The second-order valence-corrected chi connectivity index (χ2v) is 10.6. The lowest BCUT2D eigenvalue weighted by molar-refractivity contribution is 0.174. The minimum atomic E-state index is -0.306. The van der Waals surface area contributed by atoms with Gasteiger partial charge in [0.15, 0.2) is 11.5 Å². The summed E-state index contributed by atoms with van der Waals surface area (Å²) in [5.74, 6) is 0.850. The van der Waals surface area contributed by atoms with Crippen molar-refractivity contribution >= 4 is 100 Å². The lowest BCUT2D eigenvalue weighted by Gasteiger charge is -2.08. The molecule has 0 amide bonds. The molecule has 3 radical (unpaired) electrons. The summed E-state index contributed by atoms with van der Waals surface area (Å²) in [6, 6.07) is 7.07. The van der Waals surface area contributed by atoms with E-state index in [1.54, 1.807) is 6.07 Å². The highest BCUT2D eigenvalue weighted by molar-refractivity contribution is 7.23. The van der Waals surface area contributed by atoms with Crippen LogP contribution in [0.2, 0.25) is 0 Å². The molecule has 3 N–H and O–H groups in total. The van der Waals surface area contributed by atoms with Gasteiger partial charge in [-0.15, -0.1) is 0 Å². The zero-order valence-corrected chi connectivity index (χ0v) is 21.3. The Bertz CT molecular complexity index is 693. The largest absolute Gasteiger partial charge is 0.508 e. The van der Waals surface area contributed by atoms with Gasteiger partial charge in [0.25, 0.3) is 0 Å². The van der Waals surface area contributed by atoms with Crippen molar-refractivity contribution in [3.8, 4) is 39.9 Å². The van der Waals surface area contributed by atoms with Crippen LogP contribution in [0.4, 0.5) is 0 Å². The Kier molecular flexibility index (Phi) is 17.0. The minimum Gasteiger partial charge on any atom is -0.508 e. The van der Waals surface area contributed by atoms with E-state index in [4.69, 9.17) is 69.8 Å². The summed E-state index contributed by atoms with van der Waals surface area (Å²) < 4.78 is 10.3. The van der Waals surface area contributed by atoms with Crippen LogP contribution in [0.5, 0.6) is 28.7 Å². The maximum Gasteiger partial charge on any atom is 0.495 e. The molecule has 0 fully saturated rings. The number of halogens is 6. The molecule has 5 nitrogen and oxygen atoms in total. The van der Waals surface area contributed by atoms with Crippen LogP contribution >= 0.6 is 60.3 Å². The molecule has 27 heavy (non-hydrogen) atoms. The summed E-state index contributed by atoms with van der Waals surface area (Å²) in [5.41, 5.74) is 0.693. The van der Waals surface area contributed by atoms with Gasteiger partial charge in [-0.25, -0.2) is 60.3 Å². The first-order valence-electron chi connectivity index (χ1n) is 6.61. The van der Waals surface area contributed by atoms with Crippen molar-refractivity contribution in [3.05, 3.63) is 30.3 Å². The number of ether oxygens (including phenoxy) is 2. The zero-order chi connectivity index (χ0) is 20.8. The molecule has 2 aromatic carbocycles. The van der Waals surface area contributed by atoms with Crippen LogP contribution in [-0.2, 0) is 0 Å². The highest BCUT2D eigenvalue weighted by Crippen LogP contribution is 2.44. The number of hydrogen-bond acceptors (Lipinski definition) is 5. The van der Waals surface area contributed by atoms with Gasteiger partial charge >= 0.3 is 40.1 Å². The summed E-state index contributed by atoms with van der Waals surface area (Å²) in [4.78, 5) is 0. The van der Waals surface area contributed by atoms with Crippen molar-refractivity contribution in [2.75, 3.05) is 6.79 Å². The molecule has 0 spiro atoms. The van der Waals surface area contributed by atoms with Crippen molar-refractivity contribution in [3.63, 3.8) is 0 Å². The maximum atomic E-state index is 9.92. The lowest BCUT2D eigenvalue weighted by atomic mass is 10.0. The molecule has 2 aromatic rings. The van der Waals surface area contributed by atoms with Crippen molar-refractivity contribution in [1.82, 2.24) is 0 Å². The molecule has 0 aromatic heterocycles. The summed E-state index contributed by atoms with van der Waals surface area (Å²) in [7, 11) is 29.1. The normalized spacial score (nSPS) is 10.0. The second-order valence-electron chi connectivity index (χ2n) is 4.17. The summed E-state index contributed by atoms with van der Waals surface area (Å²) in [5, 5.41) is 29.1. The summed E-state index contributed by atoms with van der Waals surface area (Å²) in [6.45, 7) is 0.101. The average Bonchev–Trinajstić information content (AvgIpc) is 3.06. The van der Waals surface area contributed by atoms with Crippen LogP contribution in [0, 0.1) is 0 Å². The second kappa shape index (κ2) is 16.6. The Morgan fingerprint density at radius 2 is 1.11 bits per heavy atom. The third-order valence-corrected chi connectivity index (χ3v) is 2.76. The predicted octanol–water partition coefficient (Wildman–Crippen LogP) is 5.19. The van der Waals surface area contributed by atoms with E-state index in [1.807, 2.05) is 0 Å². The van der Waals surface area contributed by atoms with E-state index in [2.05, 4.69) is 0 Å². The first-order chi connectivity index (χ1) is 12.9. The Morgan fingerprint density at radius 1 is 0.667 bits per heavy atom.